The molecule has 0 fully saturated rings. The Bertz CT molecular complexity index is 529. The van der Waals surface area contributed by atoms with Crippen LogP contribution in [0.3, 0.4) is 0 Å². The van der Waals surface area contributed by atoms with E-state index in [0.29, 0.717) is 24.1 Å². The first-order chi connectivity index (χ1) is 8.70. The van der Waals surface area contributed by atoms with Crippen LogP contribution in [-0.4, -0.2) is 50.3 Å². The van der Waals surface area contributed by atoms with Crippen molar-refractivity contribution in [3.63, 3.8) is 0 Å². The number of hydrogen-bond acceptors (Lipinski definition) is 6. The molecule has 0 aliphatic heterocycles. The van der Waals surface area contributed by atoms with Gasteiger partial charge in [-0.05, 0) is 19.9 Å². The van der Waals surface area contributed by atoms with Crippen LogP contribution in [-0.2, 0) is 4.74 Å². The lowest BCUT2D eigenvalue weighted by Gasteiger charge is -1.99. The monoisotopic (exact) mass is 268 g/mol. The molecule has 6 nitrogen and oxygen atoms in total. The standard InChI is InChI=1S/C11H16N4O2S/c1-8-7-9(2)15-10(12-8)13-11(14-15)18-6-5-17-4-3-16/h7,16H,3-6H2,1-2H3. The average Bonchev–Trinajstić information content (AvgIpc) is 2.72. The van der Waals surface area contributed by atoms with E-state index in [-0.39, 0.29) is 6.61 Å². The first-order valence-corrected chi connectivity index (χ1v) is 6.71. The number of rotatable bonds is 6. The molecule has 0 bridgehead atoms. The molecule has 0 aromatic carbocycles. The lowest BCUT2D eigenvalue weighted by Crippen LogP contribution is -2.02. The highest BCUT2D eigenvalue weighted by Crippen LogP contribution is 2.14. The van der Waals surface area contributed by atoms with Gasteiger partial charge in [0, 0.05) is 17.1 Å². The van der Waals surface area contributed by atoms with Gasteiger partial charge in [0.05, 0.1) is 19.8 Å². The van der Waals surface area contributed by atoms with Crippen molar-refractivity contribution in [2.24, 2.45) is 0 Å². The molecule has 0 aliphatic carbocycles. The number of nitrogens with zero attached hydrogens (tertiary/aromatic N) is 4. The maximum atomic E-state index is 8.57. The molecule has 0 unspecified atom stereocenters. The van der Waals surface area contributed by atoms with Gasteiger partial charge in [-0.1, -0.05) is 11.8 Å². The zero-order chi connectivity index (χ0) is 13.0. The van der Waals surface area contributed by atoms with E-state index in [4.69, 9.17) is 9.84 Å². The number of aliphatic hydroxyl groups excluding tert-OH is 1. The molecule has 2 heterocycles. The molecule has 0 aliphatic rings. The van der Waals surface area contributed by atoms with Gasteiger partial charge in [-0.3, -0.25) is 0 Å². The maximum absolute atomic E-state index is 8.57. The van der Waals surface area contributed by atoms with Crippen LogP contribution in [0.1, 0.15) is 11.4 Å². The first kappa shape index (κ1) is 13.3. The molecule has 0 amide bonds. The molecule has 0 saturated heterocycles. The number of aromatic nitrogens is 4. The molecule has 18 heavy (non-hydrogen) atoms. The second-order valence-corrected chi connectivity index (χ2v) is 4.89. The third-order valence-corrected chi connectivity index (χ3v) is 3.10. The normalized spacial score (nSPS) is 11.3. The highest BCUT2D eigenvalue weighted by Gasteiger charge is 2.07. The van der Waals surface area contributed by atoms with Crippen LogP contribution in [0.5, 0.6) is 0 Å². The Hall–Kier alpha value is -1.18. The fraction of sp³-hybridized carbons (Fsp3) is 0.545. The smallest absolute Gasteiger partial charge is 0.253 e. The summed E-state index contributed by atoms with van der Waals surface area (Å²) in [5.41, 5.74) is 1.96. The molecule has 0 atom stereocenters. The topological polar surface area (TPSA) is 72.5 Å². The Morgan fingerprint density at radius 3 is 2.94 bits per heavy atom. The number of hydrogen-bond donors (Lipinski definition) is 1. The number of thioether (sulfide) groups is 1. The summed E-state index contributed by atoms with van der Waals surface area (Å²) in [7, 11) is 0. The van der Waals surface area contributed by atoms with Crippen molar-refractivity contribution in [2.45, 2.75) is 19.0 Å². The predicted molar refractivity (Wildman–Crippen MR) is 68.9 cm³/mol. The zero-order valence-corrected chi connectivity index (χ0v) is 11.3. The Labute approximate surface area is 109 Å². The van der Waals surface area contributed by atoms with Gasteiger partial charge in [0.15, 0.2) is 0 Å². The van der Waals surface area contributed by atoms with Crippen molar-refractivity contribution in [1.82, 2.24) is 19.6 Å². The van der Waals surface area contributed by atoms with E-state index in [1.54, 1.807) is 4.52 Å². The minimum Gasteiger partial charge on any atom is -0.394 e. The van der Waals surface area contributed by atoms with Crippen LogP contribution in [0, 0.1) is 13.8 Å². The molecular weight excluding hydrogens is 252 g/mol. The summed E-state index contributed by atoms with van der Waals surface area (Å²) in [6.45, 7) is 4.93. The number of aliphatic hydroxyl groups is 1. The molecule has 2 aromatic heterocycles. The van der Waals surface area contributed by atoms with Crippen molar-refractivity contribution in [2.75, 3.05) is 25.6 Å². The summed E-state index contributed by atoms with van der Waals surface area (Å²) in [4.78, 5) is 8.68. The van der Waals surface area contributed by atoms with Crippen molar-refractivity contribution in [3.05, 3.63) is 17.5 Å². The van der Waals surface area contributed by atoms with Crippen LogP contribution in [0.25, 0.3) is 5.78 Å². The second kappa shape index (κ2) is 6.12. The summed E-state index contributed by atoms with van der Waals surface area (Å²) in [6.07, 6.45) is 0. The maximum Gasteiger partial charge on any atom is 0.253 e. The highest BCUT2D eigenvalue weighted by molar-refractivity contribution is 7.99. The molecule has 7 heteroatoms. The van der Waals surface area contributed by atoms with Gasteiger partial charge in [-0.15, -0.1) is 5.10 Å². The van der Waals surface area contributed by atoms with Crippen LogP contribution in [0.2, 0.25) is 0 Å². The number of ether oxygens (including phenoxy) is 1. The summed E-state index contributed by atoms with van der Waals surface area (Å²) in [6, 6.07) is 1.97. The van der Waals surface area contributed by atoms with Crippen molar-refractivity contribution < 1.29 is 9.84 Å². The van der Waals surface area contributed by atoms with Gasteiger partial charge in [0.2, 0.25) is 5.16 Å². The lowest BCUT2D eigenvalue weighted by atomic mass is 10.4. The average molecular weight is 268 g/mol. The van der Waals surface area contributed by atoms with Gasteiger partial charge >= 0.3 is 0 Å². The fourth-order valence-electron chi connectivity index (χ4n) is 1.57. The molecular formula is C11H16N4O2S. The van der Waals surface area contributed by atoms with Crippen LogP contribution >= 0.6 is 11.8 Å². The molecule has 0 radical (unpaired) electrons. The molecule has 0 saturated carbocycles. The SMILES string of the molecule is Cc1cc(C)n2nc(SCCOCCO)nc2n1. The van der Waals surface area contributed by atoms with Gasteiger partial charge < -0.3 is 9.84 Å². The number of aryl methyl sites for hydroxylation is 2. The molecule has 2 rings (SSSR count). The molecule has 1 N–H and O–H groups in total. The second-order valence-electron chi connectivity index (χ2n) is 3.83. The van der Waals surface area contributed by atoms with Crippen molar-refractivity contribution in [3.8, 4) is 0 Å². The highest BCUT2D eigenvalue weighted by atomic mass is 32.2. The van der Waals surface area contributed by atoms with Crippen molar-refractivity contribution in [1.29, 1.82) is 0 Å². The van der Waals surface area contributed by atoms with Crippen LogP contribution in [0.4, 0.5) is 0 Å². The molecule has 2 aromatic rings. The predicted octanol–water partition coefficient (Wildman–Crippen LogP) is 0.842. The summed E-state index contributed by atoms with van der Waals surface area (Å²) in [5.74, 6) is 1.39. The summed E-state index contributed by atoms with van der Waals surface area (Å²) < 4.78 is 6.91. The Morgan fingerprint density at radius 1 is 1.33 bits per heavy atom. The van der Waals surface area contributed by atoms with Crippen LogP contribution < -0.4 is 0 Å². The quantitative estimate of drug-likeness (QED) is 0.618. The molecule has 0 spiro atoms. The van der Waals surface area contributed by atoms with E-state index in [0.717, 1.165) is 17.1 Å². The van der Waals surface area contributed by atoms with Crippen molar-refractivity contribution >= 4 is 17.5 Å². The van der Waals surface area contributed by atoms with E-state index < -0.39 is 0 Å². The zero-order valence-electron chi connectivity index (χ0n) is 10.5. The fourth-order valence-corrected chi connectivity index (χ4v) is 2.24. The minimum atomic E-state index is 0.0552. The summed E-state index contributed by atoms with van der Waals surface area (Å²) in [5, 5.41) is 13.6. The largest absolute Gasteiger partial charge is 0.394 e. The van der Waals surface area contributed by atoms with E-state index in [9.17, 15) is 0 Å². The van der Waals surface area contributed by atoms with Crippen LogP contribution in [0.15, 0.2) is 11.2 Å². The third-order valence-electron chi connectivity index (χ3n) is 2.29. The van der Waals surface area contributed by atoms with E-state index >= 15 is 0 Å². The number of fused-ring (bicyclic) bond motifs is 1. The Balaban J connectivity index is 2.00. The Morgan fingerprint density at radius 2 is 2.17 bits per heavy atom. The first-order valence-electron chi connectivity index (χ1n) is 5.73. The minimum absolute atomic E-state index is 0.0552. The third kappa shape index (κ3) is 3.18. The Kier molecular flexibility index (Phi) is 4.51. The van der Waals surface area contributed by atoms with Gasteiger partial charge in [0.25, 0.3) is 5.78 Å². The molecule has 98 valence electrons. The van der Waals surface area contributed by atoms with Gasteiger partial charge in [-0.2, -0.15) is 4.98 Å². The van der Waals surface area contributed by atoms with Gasteiger partial charge in [-0.25, -0.2) is 9.50 Å². The summed E-state index contributed by atoms with van der Waals surface area (Å²) >= 11 is 1.52. The van der Waals surface area contributed by atoms with E-state index in [1.807, 2.05) is 19.9 Å². The lowest BCUT2D eigenvalue weighted by molar-refractivity contribution is 0.103. The van der Waals surface area contributed by atoms with Gasteiger partial charge in [0.1, 0.15) is 0 Å². The van der Waals surface area contributed by atoms with E-state index in [2.05, 4.69) is 15.1 Å². The van der Waals surface area contributed by atoms with E-state index in [1.165, 1.54) is 11.8 Å².